The Morgan fingerprint density at radius 2 is 2.00 bits per heavy atom. The van der Waals surface area contributed by atoms with Crippen LogP contribution in [0.5, 0.6) is 0 Å². The Labute approximate surface area is 105 Å². The molecule has 2 rings (SSSR count). The van der Waals surface area contributed by atoms with Crippen LogP contribution >= 0.6 is 0 Å². The zero-order valence-corrected chi connectivity index (χ0v) is 9.67. The summed E-state index contributed by atoms with van der Waals surface area (Å²) in [5, 5.41) is 2.78. The second-order valence-electron chi connectivity index (χ2n) is 3.78. The van der Waals surface area contributed by atoms with E-state index in [0.29, 0.717) is 17.7 Å². The molecule has 4 heteroatoms. The largest absolute Gasteiger partial charge is 0.348 e. The first kappa shape index (κ1) is 12.0. The Bertz CT molecular complexity index is 553. The maximum atomic E-state index is 11.8. The number of aldehydes is 1. The topological polar surface area (TPSA) is 59.1 Å². The van der Waals surface area contributed by atoms with Gasteiger partial charge in [-0.05, 0) is 29.8 Å². The second-order valence-corrected chi connectivity index (χ2v) is 3.78. The van der Waals surface area contributed by atoms with E-state index in [-0.39, 0.29) is 5.91 Å². The van der Waals surface area contributed by atoms with Gasteiger partial charge in [0.1, 0.15) is 6.29 Å². The maximum Gasteiger partial charge on any atom is 0.251 e. The molecule has 0 aliphatic heterocycles. The molecule has 4 nitrogen and oxygen atoms in total. The minimum absolute atomic E-state index is 0.199. The van der Waals surface area contributed by atoms with E-state index in [1.54, 1.807) is 36.7 Å². The van der Waals surface area contributed by atoms with Crippen LogP contribution in [0.1, 0.15) is 26.3 Å². The van der Waals surface area contributed by atoms with Gasteiger partial charge < -0.3 is 5.32 Å². The Hall–Kier alpha value is -2.49. The number of nitrogens with zero attached hydrogens (tertiary/aromatic N) is 1. The number of rotatable bonds is 4. The fourth-order valence-electron chi connectivity index (χ4n) is 1.54. The monoisotopic (exact) mass is 240 g/mol. The van der Waals surface area contributed by atoms with Gasteiger partial charge in [0, 0.05) is 30.1 Å². The van der Waals surface area contributed by atoms with Crippen LogP contribution in [0.4, 0.5) is 0 Å². The molecule has 0 unspecified atom stereocenters. The quantitative estimate of drug-likeness (QED) is 0.829. The first-order chi connectivity index (χ1) is 8.79. The fraction of sp³-hybridized carbons (Fsp3) is 0.0714. The lowest BCUT2D eigenvalue weighted by atomic mass is 10.1. The first-order valence-corrected chi connectivity index (χ1v) is 5.52. The van der Waals surface area contributed by atoms with Crippen molar-refractivity contribution in [2.45, 2.75) is 6.54 Å². The summed E-state index contributed by atoms with van der Waals surface area (Å²) in [6.45, 7) is 0.437. The van der Waals surface area contributed by atoms with Crippen molar-refractivity contribution in [2.75, 3.05) is 0 Å². The minimum Gasteiger partial charge on any atom is -0.348 e. The van der Waals surface area contributed by atoms with Crippen LogP contribution in [0, 0.1) is 0 Å². The number of aromatic nitrogens is 1. The van der Waals surface area contributed by atoms with Crippen molar-refractivity contribution in [3.8, 4) is 0 Å². The van der Waals surface area contributed by atoms with Gasteiger partial charge in [-0.1, -0.05) is 12.1 Å². The summed E-state index contributed by atoms with van der Waals surface area (Å²) >= 11 is 0. The number of pyridine rings is 1. The number of nitrogens with one attached hydrogen (secondary N) is 1. The number of carbonyl (C=O) groups excluding carboxylic acids is 2. The average Bonchev–Trinajstić information content (AvgIpc) is 2.46. The van der Waals surface area contributed by atoms with E-state index in [9.17, 15) is 9.59 Å². The third kappa shape index (κ3) is 3.01. The van der Waals surface area contributed by atoms with Crippen molar-refractivity contribution in [3.63, 3.8) is 0 Å². The minimum atomic E-state index is -0.199. The van der Waals surface area contributed by atoms with E-state index in [4.69, 9.17) is 0 Å². The average molecular weight is 240 g/mol. The molecule has 1 heterocycles. The second kappa shape index (κ2) is 5.72. The van der Waals surface area contributed by atoms with Crippen LogP contribution in [-0.2, 0) is 6.54 Å². The van der Waals surface area contributed by atoms with Gasteiger partial charge in [-0.2, -0.15) is 0 Å². The Morgan fingerprint density at radius 1 is 1.22 bits per heavy atom. The number of hydrogen-bond acceptors (Lipinski definition) is 3. The van der Waals surface area contributed by atoms with Crippen LogP contribution in [0.2, 0.25) is 0 Å². The van der Waals surface area contributed by atoms with Crippen molar-refractivity contribution in [1.29, 1.82) is 0 Å². The normalized spacial score (nSPS) is 9.78. The molecular formula is C14H12N2O2. The lowest BCUT2D eigenvalue weighted by Crippen LogP contribution is -2.22. The molecule has 0 atom stereocenters. The third-order valence-electron chi connectivity index (χ3n) is 2.49. The molecule has 2 aromatic rings. The zero-order valence-electron chi connectivity index (χ0n) is 9.67. The van der Waals surface area contributed by atoms with E-state index in [2.05, 4.69) is 10.3 Å². The van der Waals surface area contributed by atoms with Crippen molar-refractivity contribution in [1.82, 2.24) is 10.3 Å². The van der Waals surface area contributed by atoms with Crippen LogP contribution < -0.4 is 5.32 Å². The standard InChI is InChI=1S/C14H12N2O2/c17-10-12-2-1-3-13(8-12)14(18)16-9-11-4-6-15-7-5-11/h1-8,10H,9H2,(H,16,18). The molecule has 0 fully saturated rings. The maximum absolute atomic E-state index is 11.8. The molecule has 0 radical (unpaired) electrons. The van der Waals surface area contributed by atoms with Gasteiger partial charge in [-0.15, -0.1) is 0 Å². The molecule has 1 amide bonds. The van der Waals surface area contributed by atoms with E-state index in [0.717, 1.165) is 11.8 Å². The predicted molar refractivity (Wildman–Crippen MR) is 67.2 cm³/mol. The van der Waals surface area contributed by atoms with Crippen LogP contribution in [0.25, 0.3) is 0 Å². The van der Waals surface area contributed by atoms with Gasteiger partial charge >= 0.3 is 0 Å². The molecule has 0 aliphatic carbocycles. The molecular weight excluding hydrogens is 228 g/mol. The number of hydrogen-bond donors (Lipinski definition) is 1. The molecule has 0 spiro atoms. The van der Waals surface area contributed by atoms with Gasteiger partial charge in [0.05, 0.1) is 0 Å². The summed E-state index contributed by atoms with van der Waals surface area (Å²) in [7, 11) is 0. The van der Waals surface area contributed by atoms with Gasteiger partial charge in [0.25, 0.3) is 5.91 Å². The van der Waals surface area contributed by atoms with Crippen LogP contribution in [0.3, 0.4) is 0 Å². The first-order valence-electron chi connectivity index (χ1n) is 5.52. The highest BCUT2D eigenvalue weighted by Gasteiger charge is 2.05. The van der Waals surface area contributed by atoms with E-state index < -0.39 is 0 Å². The highest BCUT2D eigenvalue weighted by molar-refractivity contribution is 5.95. The number of carbonyl (C=O) groups is 2. The molecule has 90 valence electrons. The molecule has 1 aromatic carbocycles. The molecule has 1 N–H and O–H groups in total. The van der Waals surface area contributed by atoms with Crippen molar-refractivity contribution in [3.05, 3.63) is 65.5 Å². The summed E-state index contributed by atoms with van der Waals surface area (Å²) in [5.74, 6) is -0.199. The number of amides is 1. The van der Waals surface area contributed by atoms with Gasteiger partial charge in [0.2, 0.25) is 0 Å². The third-order valence-corrected chi connectivity index (χ3v) is 2.49. The summed E-state index contributed by atoms with van der Waals surface area (Å²) in [6, 6.07) is 10.3. The highest BCUT2D eigenvalue weighted by Crippen LogP contribution is 2.04. The predicted octanol–water partition coefficient (Wildman–Crippen LogP) is 1.82. The van der Waals surface area contributed by atoms with Crippen molar-refractivity contribution >= 4 is 12.2 Å². The Morgan fingerprint density at radius 3 is 2.72 bits per heavy atom. The van der Waals surface area contributed by atoms with E-state index in [1.165, 1.54) is 0 Å². The molecule has 0 saturated heterocycles. The zero-order chi connectivity index (χ0) is 12.8. The van der Waals surface area contributed by atoms with Gasteiger partial charge in [0.15, 0.2) is 0 Å². The highest BCUT2D eigenvalue weighted by atomic mass is 16.1. The summed E-state index contributed by atoms with van der Waals surface area (Å²) in [5.41, 5.74) is 1.95. The van der Waals surface area contributed by atoms with E-state index >= 15 is 0 Å². The smallest absolute Gasteiger partial charge is 0.251 e. The summed E-state index contributed by atoms with van der Waals surface area (Å²) in [4.78, 5) is 26.4. The van der Waals surface area contributed by atoms with Gasteiger partial charge in [-0.25, -0.2) is 0 Å². The van der Waals surface area contributed by atoms with Crippen molar-refractivity contribution in [2.24, 2.45) is 0 Å². The Kier molecular flexibility index (Phi) is 3.81. The van der Waals surface area contributed by atoms with E-state index in [1.807, 2.05) is 12.1 Å². The summed E-state index contributed by atoms with van der Waals surface area (Å²) in [6.07, 6.45) is 4.07. The lowest BCUT2D eigenvalue weighted by Gasteiger charge is -2.05. The lowest BCUT2D eigenvalue weighted by molar-refractivity contribution is 0.0951. The van der Waals surface area contributed by atoms with Crippen LogP contribution in [-0.4, -0.2) is 17.2 Å². The molecule has 0 bridgehead atoms. The molecule has 0 aliphatic rings. The molecule has 0 saturated carbocycles. The van der Waals surface area contributed by atoms with Crippen LogP contribution in [0.15, 0.2) is 48.8 Å². The van der Waals surface area contributed by atoms with Crippen molar-refractivity contribution < 1.29 is 9.59 Å². The SMILES string of the molecule is O=Cc1cccc(C(=O)NCc2ccncc2)c1. The number of benzene rings is 1. The molecule has 18 heavy (non-hydrogen) atoms. The Balaban J connectivity index is 2.01. The summed E-state index contributed by atoms with van der Waals surface area (Å²) < 4.78 is 0. The fourth-order valence-corrected chi connectivity index (χ4v) is 1.54. The molecule has 1 aromatic heterocycles. The van der Waals surface area contributed by atoms with Gasteiger partial charge in [-0.3, -0.25) is 14.6 Å².